The summed E-state index contributed by atoms with van der Waals surface area (Å²) < 4.78 is 0. The lowest BCUT2D eigenvalue weighted by Crippen LogP contribution is -2.50. The van der Waals surface area contributed by atoms with Crippen molar-refractivity contribution in [3.63, 3.8) is 0 Å². The van der Waals surface area contributed by atoms with Crippen LogP contribution < -0.4 is 5.32 Å². The molecule has 78 valence electrons. The van der Waals surface area contributed by atoms with Gasteiger partial charge >= 0.3 is 0 Å². The summed E-state index contributed by atoms with van der Waals surface area (Å²) >= 11 is 0. The van der Waals surface area contributed by atoms with Crippen molar-refractivity contribution in [1.29, 1.82) is 5.26 Å². The number of likely N-dealkylation sites (tertiary alicyclic amines) is 1. The molecular weight excluding hydrogens is 174 g/mol. The van der Waals surface area contributed by atoms with E-state index in [1.165, 1.54) is 19.3 Å². The summed E-state index contributed by atoms with van der Waals surface area (Å²) in [5.74, 6) is 0.253. The highest BCUT2D eigenvalue weighted by atomic mass is 15.1. The number of nitrogens with one attached hydrogen (secondary N) is 1. The monoisotopic (exact) mass is 193 g/mol. The minimum absolute atomic E-state index is 0.253. The first kappa shape index (κ1) is 9.95. The van der Waals surface area contributed by atoms with E-state index in [9.17, 15) is 5.26 Å². The Labute approximate surface area is 86.1 Å². The Bertz CT molecular complexity index is 237. The first-order chi connectivity index (χ1) is 6.77. The van der Waals surface area contributed by atoms with Crippen LogP contribution in [0.2, 0.25) is 0 Å². The van der Waals surface area contributed by atoms with Crippen molar-refractivity contribution in [2.75, 3.05) is 33.2 Å². The quantitative estimate of drug-likeness (QED) is 0.619. The maximum absolute atomic E-state index is 9.23. The highest BCUT2D eigenvalue weighted by molar-refractivity contribution is 5.03. The maximum atomic E-state index is 9.23. The normalized spacial score (nSPS) is 32.7. The SMILES string of the molecule is CN1CCC2(CCNCC2)C(C#N)C1. The van der Waals surface area contributed by atoms with Gasteiger partial charge in [-0.25, -0.2) is 0 Å². The van der Waals surface area contributed by atoms with E-state index in [0.717, 1.165) is 26.2 Å². The van der Waals surface area contributed by atoms with Gasteiger partial charge in [-0.3, -0.25) is 0 Å². The van der Waals surface area contributed by atoms with Gasteiger partial charge in [-0.2, -0.15) is 5.26 Å². The average molecular weight is 193 g/mol. The van der Waals surface area contributed by atoms with Crippen LogP contribution in [-0.4, -0.2) is 38.1 Å². The van der Waals surface area contributed by atoms with Gasteiger partial charge < -0.3 is 10.2 Å². The van der Waals surface area contributed by atoms with E-state index in [-0.39, 0.29) is 5.92 Å². The number of nitriles is 1. The molecule has 3 heteroatoms. The molecule has 0 aromatic heterocycles. The minimum atomic E-state index is 0.253. The average Bonchev–Trinajstić information content (AvgIpc) is 2.23. The van der Waals surface area contributed by atoms with Crippen molar-refractivity contribution < 1.29 is 0 Å². The lowest BCUT2D eigenvalue weighted by molar-refractivity contribution is 0.0467. The number of piperidine rings is 2. The molecule has 0 aromatic rings. The van der Waals surface area contributed by atoms with E-state index in [2.05, 4.69) is 23.3 Å². The van der Waals surface area contributed by atoms with Crippen molar-refractivity contribution in [1.82, 2.24) is 10.2 Å². The van der Waals surface area contributed by atoms with Crippen molar-refractivity contribution >= 4 is 0 Å². The zero-order chi connectivity index (χ0) is 10.0. The second kappa shape index (κ2) is 3.88. The van der Waals surface area contributed by atoms with Crippen molar-refractivity contribution in [2.24, 2.45) is 11.3 Å². The summed E-state index contributed by atoms with van der Waals surface area (Å²) in [6.45, 7) is 4.33. The standard InChI is InChI=1S/C11H19N3/c1-14-7-4-11(10(8-12)9-14)2-5-13-6-3-11/h10,13H,2-7,9H2,1H3. The Morgan fingerprint density at radius 3 is 2.71 bits per heavy atom. The van der Waals surface area contributed by atoms with Crippen LogP contribution in [0.3, 0.4) is 0 Å². The molecule has 0 saturated carbocycles. The Kier molecular flexibility index (Phi) is 2.76. The van der Waals surface area contributed by atoms with Crippen LogP contribution in [0.15, 0.2) is 0 Å². The van der Waals surface area contributed by atoms with E-state index >= 15 is 0 Å². The highest BCUT2D eigenvalue weighted by Gasteiger charge is 2.42. The van der Waals surface area contributed by atoms with Crippen LogP contribution in [0.5, 0.6) is 0 Å². The van der Waals surface area contributed by atoms with Gasteiger partial charge in [0.1, 0.15) is 0 Å². The van der Waals surface area contributed by atoms with Crippen LogP contribution in [0, 0.1) is 22.7 Å². The molecule has 1 spiro atoms. The summed E-state index contributed by atoms with van der Waals surface area (Å²) in [5.41, 5.74) is 0.340. The molecular formula is C11H19N3. The van der Waals surface area contributed by atoms with Crippen LogP contribution in [0.25, 0.3) is 0 Å². The summed E-state index contributed by atoms with van der Waals surface area (Å²) in [6, 6.07) is 2.53. The zero-order valence-corrected chi connectivity index (χ0v) is 8.92. The molecule has 0 bridgehead atoms. The number of hydrogen-bond donors (Lipinski definition) is 1. The molecule has 2 aliphatic rings. The molecule has 3 nitrogen and oxygen atoms in total. The van der Waals surface area contributed by atoms with Gasteiger partial charge in [0.25, 0.3) is 0 Å². The fourth-order valence-electron chi connectivity index (χ4n) is 2.89. The molecule has 1 atom stereocenters. The molecule has 1 N–H and O–H groups in total. The third-order valence-corrected chi connectivity index (χ3v) is 3.98. The molecule has 0 aliphatic carbocycles. The van der Waals surface area contributed by atoms with Crippen molar-refractivity contribution in [3.8, 4) is 6.07 Å². The van der Waals surface area contributed by atoms with E-state index in [1.807, 2.05) is 0 Å². The van der Waals surface area contributed by atoms with Gasteiger partial charge in [0.05, 0.1) is 12.0 Å². The highest BCUT2D eigenvalue weighted by Crippen LogP contribution is 2.43. The van der Waals surface area contributed by atoms with Gasteiger partial charge in [-0.05, 0) is 51.4 Å². The van der Waals surface area contributed by atoms with Crippen molar-refractivity contribution in [2.45, 2.75) is 19.3 Å². The molecule has 0 aromatic carbocycles. The van der Waals surface area contributed by atoms with E-state index in [0.29, 0.717) is 5.41 Å². The summed E-state index contributed by atoms with van der Waals surface area (Å²) in [6.07, 6.45) is 3.60. The third kappa shape index (κ3) is 1.65. The predicted molar refractivity (Wildman–Crippen MR) is 55.8 cm³/mol. The smallest absolute Gasteiger partial charge is 0.0675 e. The van der Waals surface area contributed by atoms with E-state index in [1.54, 1.807) is 0 Å². The molecule has 1 unspecified atom stereocenters. The molecule has 2 fully saturated rings. The first-order valence-corrected chi connectivity index (χ1v) is 5.56. The molecule has 0 amide bonds. The lowest BCUT2D eigenvalue weighted by Gasteiger charge is -2.46. The minimum Gasteiger partial charge on any atom is -0.317 e. The van der Waals surface area contributed by atoms with Crippen molar-refractivity contribution in [3.05, 3.63) is 0 Å². The summed E-state index contributed by atoms with van der Waals surface area (Å²) in [7, 11) is 2.12. The van der Waals surface area contributed by atoms with Gasteiger partial charge in [0.15, 0.2) is 0 Å². The molecule has 2 saturated heterocycles. The third-order valence-electron chi connectivity index (χ3n) is 3.98. The van der Waals surface area contributed by atoms with Crippen LogP contribution in [-0.2, 0) is 0 Å². The Morgan fingerprint density at radius 1 is 1.36 bits per heavy atom. The van der Waals surface area contributed by atoms with Gasteiger partial charge in [0.2, 0.25) is 0 Å². The molecule has 14 heavy (non-hydrogen) atoms. The fourth-order valence-corrected chi connectivity index (χ4v) is 2.89. The Balaban J connectivity index is 2.11. The van der Waals surface area contributed by atoms with Crippen LogP contribution in [0.1, 0.15) is 19.3 Å². The predicted octanol–water partition coefficient (Wildman–Crippen LogP) is 0.831. The zero-order valence-electron chi connectivity index (χ0n) is 8.92. The molecule has 0 radical (unpaired) electrons. The molecule has 2 aliphatic heterocycles. The number of nitrogens with zero attached hydrogens (tertiary/aromatic N) is 2. The van der Waals surface area contributed by atoms with Crippen LogP contribution >= 0.6 is 0 Å². The second-order valence-electron chi connectivity index (χ2n) is 4.81. The Morgan fingerprint density at radius 2 is 2.07 bits per heavy atom. The maximum Gasteiger partial charge on any atom is 0.0675 e. The van der Waals surface area contributed by atoms with Gasteiger partial charge in [-0.15, -0.1) is 0 Å². The second-order valence-corrected chi connectivity index (χ2v) is 4.81. The first-order valence-electron chi connectivity index (χ1n) is 5.56. The number of hydrogen-bond acceptors (Lipinski definition) is 3. The van der Waals surface area contributed by atoms with Crippen LogP contribution in [0.4, 0.5) is 0 Å². The Hall–Kier alpha value is -0.590. The fraction of sp³-hybridized carbons (Fsp3) is 0.909. The van der Waals surface area contributed by atoms with Gasteiger partial charge in [0, 0.05) is 6.54 Å². The lowest BCUT2D eigenvalue weighted by atomic mass is 9.65. The largest absolute Gasteiger partial charge is 0.317 e. The topological polar surface area (TPSA) is 39.1 Å². The summed E-state index contributed by atoms with van der Waals surface area (Å²) in [4.78, 5) is 2.29. The van der Waals surface area contributed by atoms with E-state index in [4.69, 9.17) is 0 Å². The van der Waals surface area contributed by atoms with E-state index < -0.39 is 0 Å². The summed E-state index contributed by atoms with van der Waals surface area (Å²) in [5, 5.41) is 12.6. The van der Waals surface area contributed by atoms with Gasteiger partial charge in [-0.1, -0.05) is 0 Å². The molecule has 2 heterocycles. The number of rotatable bonds is 0. The molecule has 2 rings (SSSR count).